The highest BCUT2D eigenvalue weighted by Crippen LogP contribution is 2.22. The lowest BCUT2D eigenvalue weighted by Gasteiger charge is -2.13. The summed E-state index contributed by atoms with van der Waals surface area (Å²) in [6, 6.07) is 0. The number of rotatable bonds is 2. The van der Waals surface area contributed by atoms with E-state index in [1.54, 1.807) is 6.08 Å². The van der Waals surface area contributed by atoms with E-state index < -0.39 is 11.9 Å². The minimum Gasteiger partial charge on any atom is -0.478 e. The molecule has 1 unspecified atom stereocenters. The molecule has 0 aromatic heterocycles. The zero-order valence-corrected chi connectivity index (χ0v) is 6.78. The molecule has 0 saturated heterocycles. The fourth-order valence-electron chi connectivity index (χ4n) is 1.20. The predicted octanol–water partition coefficient (Wildman–Crippen LogP) is 1.16. The van der Waals surface area contributed by atoms with Gasteiger partial charge in [-0.25, -0.2) is 4.79 Å². The first-order chi connectivity index (χ1) is 5.65. The highest BCUT2D eigenvalue weighted by Gasteiger charge is 2.21. The number of allylic oxidation sites excluding steroid dienone is 3. The van der Waals surface area contributed by atoms with Gasteiger partial charge in [0.15, 0.2) is 0 Å². The van der Waals surface area contributed by atoms with Gasteiger partial charge in [-0.15, -0.1) is 0 Å². The van der Waals surface area contributed by atoms with Crippen LogP contribution >= 0.6 is 0 Å². The molecule has 0 amide bonds. The number of carbonyl (C=O) groups excluding carboxylic acids is 1. The Morgan fingerprint density at radius 1 is 1.75 bits per heavy atom. The molecule has 3 heteroatoms. The third-order valence-corrected chi connectivity index (χ3v) is 1.89. The monoisotopic (exact) mass is 166 g/mol. The van der Waals surface area contributed by atoms with Crippen LogP contribution in [0.25, 0.3) is 0 Å². The molecule has 1 rings (SSSR count). The van der Waals surface area contributed by atoms with E-state index in [1.165, 1.54) is 0 Å². The quantitative estimate of drug-likeness (QED) is 0.626. The number of hydrogen-bond donors (Lipinski definition) is 1. The zero-order chi connectivity index (χ0) is 9.14. The number of aliphatic carboxylic acids is 1. The SMILES string of the molecule is CC1=CCC(C=O)C(C(=O)O)=C1. The summed E-state index contributed by atoms with van der Waals surface area (Å²) in [6.07, 6.45) is 4.60. The van der Waals surface area contributed by atoms with E-state index in [2.05, 4.69) is 0 Å². The van der Waals surface area contributed by atoms with Gasteiger partial charge in [-0.05, 0) is 19.4 Å². The second-order valence-electron chi connectivity index (χ2n) is 2.83. The standard InChI is InChI=1S/C9H10O3/c1-6-2-3-7(5-10)8(4-6)9(11)12/h2,4-5,7H,3H2,1H3,(H,11,12). The van der Waals surface area contributed by atoms with E-state index in [-0.39, 0.29) is 5.57 Å². The highest BCUT2D eigenvalue weighted by atomic mass is 16.4. The van der Waals surface area contributed by atoms with E-state index in [0.29, 0.717) is 12.7 Å². The molecule has 3 nitrogen and oxygen atoms in total. The first-order valence-electron chi connectivity index (χ1n) is 3.72. The van der Waals surface area contributed by atoms with Crippen molar-refractivity contribution in [3.8, 4) is 0 Å². The van der Waals surface area contributed by atoms with Crippen molar-refractivity contribution in [1.29, 1.82) is 0 Å². The van der Waals surface area contributed by atoms with Gasteiger partial charge in [-0.2, -0.15) is 0 Å². The van der Waals surface area contributed by atoms with Gasteiger partial charge in [0.25, 0.3) is 0 Å². The fraction of sp³-hybridized carbons (Fsp3) is 0.333. The van der Waals surface area contributed by atoms with Crippen LogP contribution in [0.5, 0.6) is 0 Å². The molecule has 0 fully saturated rings. The Bertz CT molecular complexity index is 273. The molecule has 12 heavy (non-hydrogen) atoms. The minimum atomic E-state index is -1.00. The fourth-order valence-corrected chi connectivity index (χ4v) is 1.20. The number of aldehydes is 1. The van der Waals surface area contributed by atoms with Gasteiger partial charge in [0, 0.05) is 5.57 Å². The molecule has 1 atom stereocenters. The topological polar surface area (TPSA) is 54.4 Å². The van der Waals surface area contributed by atoms with Crippen LogP contribution in [0.1, 0.15) is 13.3 Å². The molecule has 0 saturated carbocycles. The van der Waals surface area contributed by atoms with Crippen molar-refractivity contribution in [1.82, 2.24) is 0 Å². The number of carboxylic acid groups (broad SMARTS) is 1. The molecule has 0 aromatic rings. The normalized spacial score (nSPS) is 22.6. The molecule has 0 spiro atoms. The molecule has 1 aliphatic carbocycles. The second-order valence-corrected chi connectivity index (χ2v) is 2.83. The van der Waals surface area contributed by atoms with E-state index >= 15 is 0 Å². The van der Waals surface area contributed by atoms with Crippen molar-refractivity contribution in [2.75, 3.05) is 0 Å². The lowest BCUT2D eigenvalue weighted by molar-refractivity contribution is -0.134. The van der Waals surface area contributed by atoms with Crippen LogP contribution in [0, 0.1) is 5.92 Å². The third kappa shape index (κ3) is 1.61. The summed E-state index contributed by atoms with van der Waals surface area (Å²) in [5.74, 6) is -1.47. The Labute approximate surface area is 70.4 Å². The Balaban J connectivity index is 2.95. The van der Waals surface area contributed by atoms with Crippen LogP contribution in [0.4, 0.5) is 0 Å². The van der Waals surface area contributed by atoms with Crippen LogP contribution in [0.2, 0.25) is 0 Å². The Hall–Kier alpha value is -1.38. The summed E-state index contributed by atoms with van der Waals surface area (Å²) in [5.41, 5.74) is 1.11. The van der Waals surface area contributed by atoms with Crippen LogP contribution in [0.15, 0.2) is 23.3 Å². The molecular formula is C9H10O3. The van der Waals surface area contributed by atoms with Gasteiger partial charge >= 0.3 is 5.97 Å². The van der Waals surface area contributed by atoms with Crippen LogP contribution < -0.4 is 0 Å². The van der Waals surface area contributed by atoms with E-state index in [1.807, 2.05) is 13.0 Å². The predicted molar refractivity (Wildman–Crippen MR) is 43.6 cm³/mol. The molecule has 0 heterocycles. The van der Waals surface area contributed by atoms with Crippen molar-refractivity contribution in [3.63, 3.8) is 0 Å². The number of carbonyl (C=O) groups is 2. The number of hydrogen-bond acceptors (Lipinski definition) is 2. The third-order valence-electron chi connectivity index (χ3n) is 1.89. The maximum atomic E-state index is 10.6. The summed E-state index contributed by atoms with van der Waals surface area (Å²) >= 11 is 0. The Morgan fingerprint density at radius 3 is 2.92 bits per heavy atom. The van der Waals surface area contributed by atoms with Gasteiger partial charge < -0.3 is 9.90 Å². The summed E-state index contributed by atoms with van der Waals surface area (Å²) in [6.45, 7) is 1.82. The summed E-state index contributed by atoms with van der Waals surface area (Å²) in [4.78, 5) is 21.1. The average Bonchev–Trinajstić information content (AvgIpc) is 2.04. The van der Waals surface area contributed by atoms with Gasteiger partial charge in [0.1, 0.15) is 6.29 Å². The van der Waals surface area contributed by atoms with Gasteiger partial charge in [-0.1, -0.05) is 11.6 Å². The molecular weight excluding hydrogens is 156 g/mol. The zero-order valence-electron chi connectivity index (χ0n) is 6.78. The lowest BCUT2D eigenvalue weighted by atomic mass is 9.90. The molecule has 0 aliphatic heterocycles. The van der Waals surface area contributed by atoms with Crippen molar-refractivity contribution in [2.24, 2.45) is 5.92 Å². The summed E-state index contributed by atoms with van der Waals surface area (Å²) in [5, 5.41) is 8.70. The number of carboxylic acids is 1. The second kappa shape index (κ2) is 3.34. The average molecular weight is 166 g/mol. The summed E-state index contributed by atoms with van der Waals surface area (Å²) < 4.78 is 0. The van der Waals surface area contributed by atoms with Gasteiger partial charge in [0.05, 0.1) is 5.92 Å². The molecule has 64 valence electrons. The van der Waals surface area contributed by atoms with Gasteiger partial charge in [-0.3, -0.25) is 0 Å². The van der Waals surface area contributed by atoms with Crippen LogP contribution in [0.3, 0.4) is 0 Å². The minimum absolute atomic E-state index is 0.199. The first kappa shape index (κ1) is 8.71. The maximum absolute atomic E-state index is 10.6. The Kier molecular flexibility index (Phi) is 2.43. The summed E-state index contributed by atoms with van der Waals surface area (Å²) in [7, 11) is 0. The highest BCUT2D eigenvalue weighted by molar-refractivity contribution is 5.92. The molecule has 0 aromatic carbocycles. The molecule has 0 radical (unpaired) electrons. The van der Waals surface area contributed by atoms with Gasteiger partial charge in [0.2, 0.25) is 0 Å². The van der Waals surface area contributed by atoms with E-state index in [9.17, 15) is 9.59 Å². The smallest absolute Gasteiger partial charge is 0.332 e. The molecule has 0 bridgehead atoms. The Morgan fingerprint density at radius 2 is 2.42 bits per heavy atom. The largest absolute Gasteiger partial charge is 0.478 e. The molecule has 1 N–H and O–H groups in total. The van der Waals surface area contributed by atoms with Crippen molar-refractivity contribution >= 4 is 12.3 Å². The maximum Gasteiger partial charge on any atom is 0.332 e. The van der Waals surface area contributed by atoms with Crippen LogP contribution in [-0.2, 0) is 9.59 Å². The van der Waals surface area contributed by atoms with Crippen molar-refractivity contribution < 1.29 is 14.7 Å². The van der Waals surface area contributed by atoms with E-state index in [0.717, 1.165) is 5.57 Å². The van der Waals surface area contributed by atoms with Crippen molar-refractivity contribution in [3.05, 3.63) is 23.3 Å². The van der Waals surface area contributed by atoms with E-state index in [4.69, 9.17) is 5.11 Å². The lowest BCUT2D eigenvalue weighted by Crippen LogP contribution is -2.16. The van der Waals surface area contributed by atoms with Crippen molar-refractivity contribution in [2.45, 2.75) is 13.3 Å². The first-order valence-corrected chi connectivity index (χ1v) is 3.72. The molecule has 1 aliphatic rings. The van der Waals surface area contributed by atoms with Crippen LogP contribution in [-0.4, -0.2) is 17.4 Å².